The highest BCUT2D eigenvalue weighted by Crippen LogP contribution is 2.32. The van der Waals surface area contributed by atoms with Crippen LogP contribution in [0.5, 0.6) is 0 Å². The number of nitrogens with zero attached hydrogens (tertiary/aromatic N) is 2. The zero-order valence-corrected chi connectivity index (χ0v) is 10.2. The van der Waals surface area contributed by atoms with Crippen molar-refractivity contribution in [2.75, 3.05) is 0 Å². The molecule has 7 heteroatoms. The number of nitrogens with two attached hydrogens (primary N) is 1. The summed E-state index contributed by atoms with van der Waals surface area (Å²) < 4.78 is 37.2. The van der Waals surface area contributed by atoms with Gasteiger partial charge in [-0.1, -0.05) is 23.5 Å². The third-order valence-electron chi connectivity index (χ3n) is 2.29. The van der Waals surface area contributed by atoms with E-state index in [2.05, 4.69) is 10.2 Å². The summed E-state index contributed by atoms with van der Waals surface area (Å²) in [5, 5.41) is 9.01. The van der Waals surface area contributed by atoms with Crippen molar-refractivity contribution in [3.05, 3.63) is 34.8 Å². The summed E-state index contributed by atoms with van der Waals surface area (Å²) >= 11 is 1.28. The number of hydrogen-bond acceptors (Lipinski definition) is 4. The molecule has 0 aliphatic rings. The smallest absolute Gasteiger partial charge is 0.322 e. The van der Waals surface area contributed by atoms with E-state index in [1.165, 1.54) is 23.5 Å². The van der Waals surface area contributed by atoms with E-state index in [4.69, 9.17) is 5.73 Å². The quantitative estimate of drug-likeness (QED) is 0.913. The van der Waals surface area contributed by atoms with Crippen molar-refractivity contribution < 1.29 is 13.2 Å². The molecule has 0 aliphatic heterocycles. The summed E-state index contributed by atoms with van der Waals surface area (Å²) in [5.41, 5.74) is 5.57. The average molecular weight is 273 g/mol. The fraction of sp³-hybridized carbons (Fsp3) is 0.273. The lowest BCUT2D eigenvalue weighted by atomic mass is 10.1. The highest BCUT2D eigenvalue weighted by molar-refractivity contribution is 7.14. The second kappa shape index (κ2) is 4.66. The molecule has 2 N–H and O–H groups in total. The Kier molecular flexibility index (Phi) is 3.36. The van der Waals surface area contributed by atoms with E-state index < -0.39 is 11.7 Å². The van der Waals surface area contributed by atoms with Gasteiger partial charge < -0.3 is 5.73 Å². The van der Waals surface area contributed by atoms with Gasteiger partial charge >= 0.3 is 6.18 Å². The maximum absolute atomic E-state index is 12.4. The van der Waals surface area contributed by atoms with Crippen LogP contribution in [0.4, 0.5) is 13.2 Å². The van der Waals surface area contributed by atoms with Gasteiger partial charge in [0, 0.05) is 5.56 Å². The predicted molar refractivity (Wildman–Crippen MR) is 62.9 cm³/mol. The first-order valence-electron chi connectivity index (χ1n) is 5.14. The van der Waals surface area contributed by atoms with E-state index in [1.54, 1.807) is 6.92 Å². The summed E-state index contributed by atoms with van der Waals surface area (Å²) in [6.45, 7) is 1.77. The molecule has 1 atom stereocenters. The van der Waals surface area contributed by atoms with E-state index in [0.717, 1.165) is 12.1 Å². The van der Waals surface area contributed by atoms with Crippen LogP contribution in [-0.4, -0.2) is 10.2 Å². The van der Waals surface area contributed by atoms with Gasteiger partial charge in [0.05, 0.1) is 11.6 Å². The highest BCUT2D eigenvalue weighted by atomic mass is 32.1. The molecule has 2 aromatic rings. The molecule has 1 aromatic heterocycles. The van der Waals surface area contributed by atoms with Crippen molar-refractivity contribution in [1.29, 1.82) is 0 Å². The van der Waals surface area contributed by atoms with E-state index in [1.807, 2.05) is 0 Å². The molecule has 96 valence electrons. The summed E-state index contributed by atoms with van der Waals surface area (Å²) in [6.07, 6.45) is -4.32. The molecule has 1 aromatic carbocycles. The minimum absolute atomic E-state index is 0.231. The second-order valence-electron chi connectivity index (χ2n) is 3.81. The van der Waals surface area contributed by atoms with Crippen molar-refractivity contribution in [2.24, 2.45) is 5.73 Å². The molecule has 0 bridgehead atoms. The predicted octanol–water partition coefficient (Wildman–Crippen LogP) is 3.24. The van der Waals surface area contributed by atoms with Gasteiger partial charge in [0.25, 0.3) is 0 Å². The maximum Gasteiger partial charge on any atom is 0.416 e. The molecule has 2 rings (SSSR count). The van der Waals surface area contributed by atoms with Crippen LogP contribution in [-0.2, 0) is 6.18 Å². The normalized spacial score (nSPS) is 13.6. The number of alkyl halides is 3. The molecule has 0 fully saturated rings. The Morgan fingerprint density at radius 3 is 2.22 bits per heavy atom. The lowest BCUT2D eigenvalue weighted by molar-refractivity contribution is -0.137. The number of benzene rings is 1. The van der Waals surface area contributed by atoms with Gasteiger partial charge in [-0.15, -0.1) is 10.2 Å². The monoisotopic (exact) mass is 273 g/mol. The number of halogens is 3. The molecule has 0 saturated heterocycles. The van der Waals surface area contributed by atoms with Crippen molar-refractivity contribution in [3.8, 4) is 10.6 Å². The third kappa shape index (κ3) is 2.68. The van der Waals surface area contributed by atoms with Gasteiger partial charge in [-0.3, -0.25) is 0 Å². The van der Waals surface area contributed by atoms with E-state index >= 15 is 0 Å². The lowest BCUT2D eigenvalue weighted by Gasteiger charge is -2.06. The first-order chi connectivity index (χ1) is 8.38. The number of hydrogen-bond donors (Lipinski definition) is 1. The third-order valence-corrected chi connectivity index (χ3v) is 3.46. The minimum Gasteiger partial charge on any atom is -0.322 e. The lowest BCUT2D eigenvalue weighted by Crippen LogP contribution is -2.03. The number of rotatable bonds is 2. The van der Waals surface area contributed by atoms with E-state index in [-0.39, 0.29) is 6.04 Å². The molecule has 18 heavy (non-hydrogen) atoms. The van der Waals surface area contributed by atoms with Crippen LogP contribution in [0.2, 0.25) is 0 Å². The molecule has 0 radical (unpaired) electrons. The fourth-order valence-electron chi connectivity index (χ4n) is 1.34. The van der Waals surface area contributed by atoms with Gasteiger partial charge in [0.15, 0.2) is 0 Å². The molecule has 0 aliphatic carbocycles. The fourth-order valence-corrected chi connectivity index (χ4v) is 2.14. The molecule has 1 heterocycles. The van der Waals surface area contributed by atoms with Crippen LogP contribution in [0.25, 0.3) is 10.6 Å². The van der Waals surface area contributed by atoms with Crippen molar-refractivity contribution in [3.63, 3.8) is 0 Å². The Morgan fingerprint density at radius 1 is 1.17 bits per heavy atom. The summed E-state index contributed by atoms with van der Waals surface area (Å²) in [5.74, 6) is 0. The molecular weight excluding hydrogens is 263 g/mol. The Labute approximate surface area is 105 Å². The van der Waals surface area contributed by atoms with Crippen LogP contribution in [0.1, 0.15) is 23.5 Å². The molecule has 0 spiro atoms. The number of aromatic nitrogens is 2. The summed E-state index contributed by atoms with van der Waals surface area (Å²) in [4.78, 5) is 0. The molecule has 1 unspecified atom stereocenters. The zero-order valence-electron chi connectivity index (χ0n) is 9.40. The summed E-state index contributed by atoms with van der Waals surface area (Å²) in [6, 6.07) is 4.60. The van der Waals surface area contributed by atoms with Gasteiger partial charge in [-0.25, -0.2) is 0 Å². The van der Waals surface area contributed by atoms with Crippen LogP contribution in [0.3, 0.4) is 0 Å². The summed E-state index contributed by atoms with van der Waals surface area (Å²) in [7, 11) is 0. The molecule has 0 amide bonds. The molecule has 3 nitrogen and oxygen atoms in total. The SMILES string of the molecule is CC(N)c1nnc(-c2ccc(C(F)(F)F)cc2)s1. The van der Waals surface area contributed by atoms with Gasteiger partial charge in [0.1, 0.15) is 10.0 Å². The Balaban J connectivity index is 2.29. The van der Waals surface area contributed by atoms with Gasteiger partial charge in [-0.05, 0) is 19.1 Å². The van der Waals surface area contributed by atoms with E-state index in [0.29, 0.717) is 15.6 Å². The Bertz CT molecular complexity index is 531. The maximum atomic E-state index is 12.4. The van der Waals surface area contributed by atoms with Gasteiger partial charge in [0.2, 0.25) is 0 Å². The minimum atomic E-state index is -4.32. The molecular formula is C11H10F3N3S. The van der Waals surface area contributed by atoms with Crippen molar-refractivity contribution in [1.82, 2.24) is 10.2 Å². The van der Waals surface area contributed by atoms with Crippen LogP contribution < -0.4 is 5.73 Å². The average Bonchev–Trinajstić information content (AvgIpc) is 2.77. The van der Waals surface area contributed by atoms with Crippen LogP contribution in [0.15, 0.2) is 24.3 Å². The van der Waals surface area contributed by atoms with Gasteiger partial charge in [-0.2, -0.15) is 13.2 Å². The zero-order chi connectivity index (χ0) is 13.3. The largest absolute Gasteiger partial charge is 0.416 e. The Hall–Kier alpha value is -1.47. The first-order valence-corrected chi connectivity index (χ1v) is 5.96. The Morgan fingerprint density at radius 2 is 1.78 bits per heavy atom. The first kappa shape index (κ1) is 13.0. The van der Waals surface area contributed by atoms with Crippen molar-refractivity contribution in [2.45, 2.75) is 19.1 Å². The highest BCUT2D eigenvalue weighted by Gasteiger charge is 2.30. The van der Waals surface area contributed by atoms with Crippen LogP contribution in [0, 0.1) is 0 Å². The second-order valence-corrected chi connectivity index (χ2v) is 4.82. The molecule has 0 saturated carbocycles. The van der Waals surface area contributed by atoms with Crippen LogP contribution >= 0.6 is 11.3 Å². The van der Waals surface area contributed by atoms with Crippen molar-refractivity contribution >= 4 is 11.3 Å². The standard InChI is InChI=1S/C11H10F3N3S/c1-6(15)9-16-17-10(18-9)7-2-4-8(5-3-7)11(12,13)14/h2-6H,15H2,1H3. The van der Waals surface area contributed by atoms with E-state index in [9.17, 15) is 13.2 Å². The topological polar surface area (TPSA) is 51.8 Å².